The van der Waals surface area contributed by atoms with Gasteiger partial charge in [0.1, 0.15) is 23.2 Å². The van der Waals surface area contributed by atoms with Gasteiger partial charge in [0.05, 0.1) is 25.2 Å². The van der Waals surface area contributed by atoms with E-state index in [1.807, 2.05) is 77.1 Å². The molecule has 1 spiro atoms. The Morgan fingerprint density at radius 3 is 2.55 bits per heavy atom. The van der Waals surface area contributed by atoms with Crippen LogP contribution in [0, 0.1) is 31.6 Å². The normalized spacial score (nSPS) is 33.5. The molecule has 0 aromatic heterocycles. The first-order valence-electron chi connectivity index (χ1n) is 14.6. The van der Waals surface area contributed by atoms with Crippen LogP contribution in [0.3, 0.4) is 0 Å². The third-order valence-electron chi connectivity index (χ3n) is 9.07. The number of anilines is 1. The van der Waals surface area contributed by atoms with Crippen molar-refractivity contribution in [2.24, 2.45) is 17.8 Å². The first-order valence-corrected chi connectivity index (χ1v) is 14.6. The summed E-state index contributed by atoms with van der Waals surface area (Å²) in [6.45, 7) is 10.2. The first-order chi connectivity index (χ1) is 19.1. The Hall–Kier alpha value is -2.97. The number of likely N-dealkylation sites (tertiary alicyclic amines) is 1. The Kier molecular flexibility index (Phi) is 7.70. The van der Waals surface area contributed by atoms with E-state index < -0.39 is 41.1 Å². The molecule has 1 unspecified atom stereocenters. The topological polar surface area (TPSA) is 96.4 Å². The van der Waals surface area contributed by atoms with E-state index >= 15 is 0 Å². The smallest absolute Gasteiger partial charge is 0.313 e. The number of aliphatic hydroxyl groups excluding tert-OH is 1. The largest absolute Gasteiger partial charge is 0.465 e. The van der Waals surface area contributed by atoms with Gasteiger partial charge in [-0.2, -0.15) is 0 Å². The maximum atomic E-state index is 14.8. The van der Waals surface area contributed by atoms with Gasteiger partial charge in [0.15, 0.2) is 0 Å². The van der Waals surface area contributed by atoms with Crippen LogP contribution in [-0.4, -0.2) is 70.8 Å². The van der Waals surface area contributed by atoms with Crippen molar-refractivity contribution in [2.75, 3.05) is 24.7 Å². The number of aryl methyl sites for hydroxylation is 2. The third-order valence-corrected chi connectivity index (χ3v) is 9.07. The second-order valence-electron chi connectivity index (χ2n) is 12.2. The summed E-state index contributed by atoms with van der Waals surface area (Å²) in [5.41, 5.74) is 0.271. The molecule has 1 aromatic carbocycles. The standard InChI is InChI=1S/C32H42N2O6/c1-6-31-13-8-7-9-16-39-30(38)26(31)25-28(36)34(23(19-35)17-20(2)3)27-29(37)33(15-10-14-32(25,27)40-31)24-18-21(4)11-12-22(24)5/h8,10-14,18,20,23,25-27,35H,6-7,9,15-17,19H2,1-5H3/b13-8-/t23-,25+,26-,27?,31+,32+/m1/s1. The molecular formula is C32H42N2O6. The van der Waals surface area contributed by atoms with E-state index in [1.54, 1.807) is 9.80 Å². The molecular weight excluding hydrogens is 508 g/mol. The number of carbonyl (C=O) groups is 3. The van der Waals surface area contributed by atoms with Gasteiger partial charge >= 0.3 is 5.97 Å². The molecule has 1 aromatic rings. The fourth-order valence-corrected chi connectivity index (χ4v) is 7.25. The molecule has 5 rings (SSSR count). The highest BCUT2D eigenvalue weighted by Gasteiger charge is 2.76. The lowest BCUT2D eigenvalue weighted by Crippen LogP contribution is -2.59. The molecule has 1 N–H and O–H groups in total. The number of rotatable bonds is 6. The Morgan fingerprint density at radius 1 is 1.07 bits per heavy atom. The Balaban J connectivity index is 1.71. The van der Waals surface area contributed by atoms with Crippen LogP contribution in [0.1, 0.15) is 57.6 Å². The van der Waals surface area contributed by atoms with Gasteiger partial charge in [-0.3, -0.25) is 14.4 Å². The molecule has 4 aliphatic heterocycles. The van der Waals surface area contributed by atoms with Crippen LogP contribution in [0.15, 0.2) is 42.5 Å². The number of fused-ring (bicyclic) bond motifs is 2. The van der Waals surface area contributed by atoms with Crippen molar-refractivity contribution < 1.29 is 29.0 Å². The molecule has 2 amide bonds. The molecule has 8 heteroatoms. The minimum absolute atomic E-state index is 0.168. The number of aliphatic hydroxyl groups is 1. The lowest BCUT2D eigenvalue weighted by molar-refractivity contribution is -0.161. The van der Waals surface area contributed by atoms with Gasteiger partial charge in [0.2, 0.25) is 5.91 Å². The molecule has 0 bridgehead atoms. The maximum Gasteiger partial charge on any atom is 0.313 e. The maximum absolute atomic E-state index is 14.8. The summed E-state index contributed by atoms with van der Waals surface area (Å²) in [7, 11) is 0. The Morgan fingerprint density at radius 2 is 1.85 bits per heavy atom. The predicted octanol–water partition coefficient (Wildman–Crippen LogP) is 3.87. The molecule has 40 heavy (non-hydrogen) atoms. The van der Waals surface area contributed by atoms with Crippen molar-refractivity contribution in [3.63, 3.8) is 0 Å². The van der Waals surface area contributed by atoms with Gasteiger partial charge in [-0.15, -0.1) is 0 Å². The average Bonchev–Trinajstić information content (AvgIpc) is 3.30. The number of hydrogen-bond acceptors (Lipinski definition) is 6. The lowest BCUT2D eigenvalue weighted by atomic mass is 9.73. The fraction of sp³-hybridized carbons (Fsp3) is 0.594. The zero-order valence-electron chi connectivity index (χ0n) is 24.3. The number of nitrogens with zero attached hydrogens (tertiary/aromatic N) is 2. The minimum atomic E-state index is -1.38. The van der Waals surface area contributed by atoms with E-state index in [0.717, 1.165) is 23.2 Å². The molecule has 0 saturated carbocycles. The highest BCUT2D eigenvalue weighted by Crippen LogP contribution is 2.59. The quantitative estimate of drug-likeness (QED) is 0.427. The zero-order valence-corrected chi connectivity index (χ0v) is 24.3. The van der Waals surface area contributed by atoms with Crippen LogP contribution in [0.2, 0.25) is 0 Å². The Labute approximate surface area is 237 Å². The van der Waals surface area contributed by atoms with Crippen molar-refractivity contribution in [3.05, 3.63) is 53.6 Å². The van der Waals surface area contributed by atoms with E-state index in [4.69, 9.17) is 9.47 Å². The summed E-state index contributed by atoms with van der Waals surface area (Å²) in [5, 5.41) is 10.5. The van der Waals surface area contributed by atoms with Crippen LogP contribution in [0.4, 0.5) is 5.69 Å². The SMILES string of the molecule is CC[C@]12/C=C\CCCOC(=O)[C@H]1[C@H]1C(=O)N([C@@H](CO)CC(C)C)C3C(=O)N(c4cc(C)ccc4C)CC=C[C@@]31O2. The van der Waals surface area contributed by atoms with Crippen molar-refractivity contribution in [2.45, 2.75) is 83.6 Å². The van der Waals surface area contributed by atoms with E-state index in [-0.39, 0.29) is 30.9 Å². The monoisotopic (exact) mass is 550 g/mol. The van der Waals surface area contributed by atoms with Crippen LogP contribution in [-0.2, 0) is 23.9 Å². The fourth-order valence-electron chi connectivity index (χ4n) is 7.25. The van der Waals surface area contributed by atoms with Crippen LogP contribution >= 0.6 is 0 Å². The number of carbonyl (C=O) groups excluding carboxylic acids is 3. The van der Waals surface area contributed by atoms with E-state index in [9.17, 15) is 19.5 Å². The van der Waals surface area contributed by atoms with Crippen LogP contribution in [0.5, 0.6) is 0 Å². The van der Waals surface area contributed by atoms with Gasteiger partial charge in [-0.25, -0.2) is 0 Å². The predicted molar refractivity (Wildman–Crippen MR) is 152 cm³/mol. The number of ether oxygens (including phenoxy) is 2. The van der Waals surface area contributed by atoms with Crippen molar-refractivity contribution >= 4 is 23.5 Å². The Bertz CT molecular complexity index is 1240. The summed E-state index contributed by atoms with van der Waals surface area (Å²) in [5.74, 6) is -2.77. The number of allylic oxidation sites excluding steroid dienone is 1. The average molecular weight is 551 g/mol. The highest BCUT2D eigenvalue weighted by atomic mass is 16.6. The molecule has 4 heterocycles. The molecule has 0 aliphatic carbocycles. The van der Waals surface area contributed by atoms with Crippen molar-refractivity contribution in [3.8, 4) is 0 Å². The summed E-state index contributed by atoms with van der Waals surface area (Å²) in [6.07, 6.45) is 10.0. The van der Waals surface area contributed by atoms with Gasteiger partial charge in [0.25, 0.3) is 5.91 Å². The van der Waals surface area contributed by atoms with Crippen LogP contribution < -0.4 is 4.90 Å². The molecule has 0 radical (unpaired) electrons. The summed E-state index contributed by atoms with van der Waals surface area (Å²) in [4.78, 5) is 46.3. The molecule has 4 aliphatic rings. The van der Waals surface area contributed by atoms with Crippen molar-refractivity contribution in [1.29, 1.82) is 0 Å². The van der Waals surface area contributed by atoms with Gasteiger partial charge in [-0.1, -0.05) is 57.2 Å². The van der Waals surface area contributed by atoms with E-state index in [1.165, 1.54) is 0 Å². The van der Waals surface area contributed by atoms with Crippen molar-refractivity contribution in [1.82, 2.24) is 4.90 Å². The second kappa shape index (κ2) is 10.8. The van der Waals surface area contributed by atoms with Gasteiger partial charge in [0, 0.05) is 12.2 Å². The number of amides is 2. The molecule has 6 atom stereocenters. The number of esters is 1. The summed E-state index contributed by atoms with van der Waals surface area (Å²) in [6, 6.07) is 4.34. The molecule has 216 valence electrons. The summed E-state index contributed by atoms with van der Waals surface area (Å²) >= 11 is 0. The minimum Gasteiger partial charge on any atom is -0.465 e. The second-order valence-corrected chi connectivity index (χ2v) is 12.2. The number of benzene rings is 1. The lowest BCUT2D eigenvalue weighted by Gasteiger charge is -2.41. The van der Waals surface area contributed by atoms with Gasteiger partial charge in [-0.05, 0) is 62.6 Å². The number of hydrogen-bond donors (Lipinski definition) is 1. The molecule has 8 nitrogen and oxygen atoms in total. The highest BCUT2D eigenvalue weighted by molar-refractivity contribution is 6.06. The van der Waals surface area contributed by atoms with E-state index in [2.05, 4.69) is 0 Å². The summed E-state index contributed by atoms with van der Waals surface area (Å²) < 4.78 is 12.7. The first kappa shape index (κ1) is 28.6. The number of cyclic esters (lactones) is 1. The van der Waals surface area contributed by atoms with Gasteiger partial charge < -0.3 is 24.4 Å². The molecule has 2 saturated heterocycles. The van der Waals surface area contributed by atoms with E-state index in [0.29, 0.717) is 25.8 Å². The third kappa shape index (κ3) is 4.40. The molecule has 2 fully saturated rings. The van der Waals surface area contributed by atoms with Crippen LogP contribution in [0.25, 0.3) is 0 Å². The zero-order chi connectivity index (χ0) is 28.8.